The smallest absolute Gasteiger partial charge is 0.176 e. The Morgan fingerprint density at radius 1 is 1.00 bits per heavy atom. The van der Waals surface area contributed by atoms with Gasteiger partial charge in [-0.2, -0.15) is 10.2 Å². The number of thiocarbonyl (C=S) groups is 1. The second-order valence-electron chi connectivity index (χ2n) is 6.75. The van der Waals surface area contributed by atoms with E-state index >= 15 is 0 Å². The van der Waals surface area contributed by atoms with Crippen molar-refractivity contribution in [3.05, 3.63) is 94.1 Å². The maximum absolute atomic E-state index is 13.9. The zero-order valence-corrected chi connectivity index (χ0v) is 18.4. The van der Waals surface area contributed by atoms with E-state index in [1.807, 2.05) is 30.5 Å². The van der Waals surface area contributed by atoms with Crippen LogP contribution in [0.2, 0.25) is 10.0 Å². The summed E-state index contributed by atoms with van der Waals surface area (Å²) in [7, 11) is 0. The molecule has 0 fully saturated rings. The predicted molar refractivity (Wildman–Crippen MR) is 125 cm³/mol. The Bertz CT molecular complexity index is 1220. The van der Waals surface area contributed by atoms with Crippen molar-refractivity contribution < 1.29 is 4.39 Å². The first-order valence-corrected chi connectivity index (χ1v) is 10.4. The van der Waals surface area contributed by atoms with Gasteiger partial charge in [-0.25, -0.2) is 4.39 Å². The van der Waals surface area contributed by atoms with Crippen LogP contribution in [0.5, 0.6) is 0 Å². The highest BCUT2D eigenvalue weighted by molar-refractivity contribution is 7.80. The van der Waals surface area contributed by atoms with Crippen LogP contribution in [0.1, 0.15) is 11.1 Å². The van der Waals surface area contributed by atoms with Gasteiger partial charge in [0, 0.05) is 23.0 Å². The molecule has 4 aromatic rings. The van der Waals surface area contributed by atoms with E-state index in [1.165, 1.54) is 6.07 Å². The van der Waals surface area contributed by atoms with Gasteiger partial charge < -0.3 is 10.6 Å². The summed E-state index contributed by atoms with van der Waals surface area (Å²) in [6, 6.07) is 14.1. The predicted octanol–water partition coefficient (Wildman–Crippen LogP) is 5.43. The van der Waals surface area contributed by atoms with E-state index in [2.05, 4.69) is 20.8 Å². The molecule has 6 nitrogen and oxygen atoms in total. The van der Waals surface area contributed by atoms with Crippen molar-refractivity contribution >= 4 is 52.0 Å². The molecule has 2 heterocycles. The minimum absolute atomic E-state index is 0.255. The molecular formula is C21H17Cl2FN6S. The van der Waals surface area contributed by atoms with E-state index in [0.29, 0.717) is 38.8 Å². The topological polar surface area (TPSA) is 59.7 Å². The monoisotopic (exact) mass is 474 g/mol. The Morgan fingerprint density at radius 2 is 1.84 bits per heavy atom. The molecule has 0 aliphatic heterocycles. The molecule has 0 aliphatic carbocycles. The van der Waals surface area contributed by atoms with Gasteiger partial charge in [0.1, 0.15) is 10.8 Å². The van der Waals surface area contributed by atoms with Crippen molar-refractivity contribution in [2.75, 3.05) is 10.6 Å². The van der Waals surface area contributed by atoms with Crippen LogP contribution in [0.3, 0.4) is 0 Å². The fourth-order valence-electron chi connectivity index (χ4n) is 2.97. The number of hydrogen-bond donors (Lipinski definition) is 2. The molecule has 0 atom stereocenters. The largest absolute Gasteiger partial charge is 0.330 e. The molecule has 0 bridgehead atoms. The highest BCUT2D eigenvalue weighted by atomic mass is 35.5. The fraction of sp³-hybridized carbons (Fsp3) is 0.0952. The van der Waals surface area contributed by atoms with Gasteiger partial charge >= 0.3 is 0 Å². The SMILES string of the molecule is Fc1ccccc1Cn1cc(Cl)c(NC(=S)Nc2cnn(Cc3cccc(Cl)c3)c2)n1. The summed E-state index contributed by atoms with van der Waals surface area (Å²) in [6.45, 7) is 0.833. The Balaban J connectivity index is 1.36. The summed E-state index contributed by atoms with van der Waals surface area (Å²) in [4.78, 5) is 0. The van der Waals surface area contributed by atoms with Crippen molar-refractivity contribution in [3.8, 4) is 0 Å². The van der Waals surface area contributed by atoms with Crippen molar-refractivity contribution in [2.45, 2.75) is 13.1 Å². The van der Waals surface area contributed by atoms with Crippen LogP contribution < -0.4 is 10.6 Å². The van der Waals surface area contributed by atoms with Gasteiger partial charge in [-0.3, -0.25) is 9.36 Å². The number of anilines is 2. The van der Waals surface area contributed by atoms with Crippen molar-refractivity contribution in [1.82, 2.24) is 19.6 Å². The van der Waals surface area contributed by atoms with E-state index in [1.54, 1.807) is 40.0 Å². The number of aromatic nitrogens is 4. The summed E-state index contributed by atoms with van der Waals surface area (Å²) >= 11 is 17.6. The molecule has 0 unspecified atom stereocenters. The number of nitrogens with zero attached hydrogens (tertiary/aromatic N) is 4. The number of benzene rings is 2. The average molecular weight is 475 g/mol. The molecule has 0 saturated heterocycles. The third-order valence-electron chi connectivity index (χ3n) is 4.36. The number of nitrogens with one attached hydrogen (secondary N) is 2. The van der Waals surface area contributed by atoms with E-state index < -0.39 is 0 Å². The van der Waals surface area contributed by atoms with Crippen molar-refractivity contribution in [1.29, 1.82) is 0 Å². The molecule has 4 rings (SSSR count). The van der Waals surface area contributed by atoms with Gasteiger partial charge in [0.05, 0.1) is 25.0 Å². The van der Waals surface area contributed by atoms with Crippen LogP contribution >= 0.6 is 35.4 Å². The maximum Gasteiger partial charge on any atom is 0.176 e. The van der Waals surface area contributed by atoms with Crippen molar-refractivity contribution in [2.24, 2.45) is 0 Å². The minimum atomic E-state index is -0.296. The summed E-state index contributed by atoms with van der Waals surface area (Å²) in [5.74, 6) is 0.0810. The third kappa shape index (κ3) is 5.61. The standard InChI is InChI=1S/C21H17Cl2FN6S/c22-16-6-3-4-14(8-16)10-29-12-17(9-25-29)26-21(31)27-20-18(23)13-30(28-20)11-15-5-1-2-7-19(15)24/h1-9,12-13H,10-11H2,(H2,26,27,28,31). The van der Waals surface area contributed by atoms with Crippen LogP contribution in [0.4, 0.5) is 15.9 Å². The summed E-state index contributed by atoms with van der Waals surface area (Å²) < 4.78 is 17.2. The zero-order chi connectivity index (χ0) is 21.8. The van der Waals surface area contributed by atoms with E-state index in [-0.39, 0.29) is 12.4 Å². The van der Waals surface area contributed by atoms with Gasteiger partial charge in [0.15, 0.2) is 10.9 Å². The number of hydrogen-bond acceptors (Lipinski definition) is 3. The Morgan fingerprint density at radius 3 is 2.65 bits per heavy atom. The molecule has 158 valence electrons. The van der Waals surface area contributed by atoms with Crippen LogP contribution in [0, 0.1) is 5.82 Å². The first-order chi connectivity index (χ1) is 15.0. The minimum Gasteiger partial charge on any atom is -0.330 e. The quantitative estimate of drug-likeness (QED) is 0.364. The summed E-state index contributed by atoms with van der Waals surface area (Å²) in [5.41, 5.74) is 2.26. The van der Waals surface area contributed by atoms with Gasteiger partial charge in [-0.1, -0.05) is 53.5 Å². The van der Waals surface area contributed by atoms with Gasteiger partial charge in [-0.05, 0) is 36.0 Å². The molecule has 2 N–H and O–H groups in total. The lowest BCUT2D eigenvalue weighted by atomic mass is 10.2. The highest BCUT2D eigenvalue weighted by Crippen LogP contribution is 2.21. The number of halogens is 3. The number of rotatable bonds is 6. The van der Waals surface area contributed by atoms with Crippen LogP contribution in [0.15, 0.2) is 67.1 Å². The second kappa shape index (κ2) is 9.47. The normalized spacial score (nSPS) is 10.8. The molecule has 0 amide bonds. The van der Waals surface area contributed by atoms with Gasteiger partial charge in [-0.15, -0.1) is 0 Å². The molecule has 2 aromatic heterocycles. The second-order valence-corrected chi connectivity index (χ2v) is 8.00. The third-order valence-corrected chi connectivity index (χ3v) is 5.08. The molecular weight excluding hydrogens is 458 g/mol. The van der Waals surface area contributed by atoms with E-state index in [9.17, 15) is 4.39 Å². The van der Waals surface area contributed by atoms with Crippen LogP contribution in [-0.4, -0.2) is 24.7 Å². The van der Waals surface area contributed by atoms with Gasteiger partial charge in [0.25, 0.3) is 0 Å². The summed E-state index contributed by atoms with van der Waals surface area (Å²) in [5, 5.41) is 16.0. The van der Waals surface area contributed by atoms with Gasteiger partial charge in [0.2, 0.25) is 0 Å². The fourth-order valence-corrected chi connectivity index (χ4v) is 3.60. The van der Waals surface area contributed by atoms with E-state index in [4.69, 9.17) is 35.4 Å². The Kier molecular flexibility index (Phi) is 6.50. The molecule has 10 heteroatoms. The van der Waals surface area contributed by atoms with Crippen molar-refractivity contribution in [3.63, 3.8) is 0 Å². The Labute approximate surface area is 193 Å². The zero-order valence-electron chi connectivity index (χ0n) is 16.1. The molecule has 0 radical (unpaired) electrons. The molecule has 31 heavy (non-hydrogen) atoms. The molecule has 2 aromatic carbocycles. The Hall–Kier alpha value is -2.94. The molecule has 0 aliphatic rings. The first kappa shape index (κ1) is 21.3. The lowest BCUT2D eigenvalue weighted by Crippen LogP contribution is -2.19. The summed E-state index contributed by atoms with van der Waals surface area (Å²) in [6.07, 6.45) is 5.10. The van der Waals surface area contributed by atoms with Crippen LogP contribution in [0.25, 0.3) is 0 Å². The lowest BCUT2D eigenvalue weighted by Gasteiger charge is -2.07. The maximum atomic E-state index is 13.9. The lowest BCUT2D eigenvalue weighted by molar-refractivity contribution is 0.586. The first-order valence-electron chi connectivity index (χ1n) is 9.27. The molecule has 0 spiro atoms. The van der Waals surface area contributed by atoms with E-state index in [0.717, 1.165) is 5.56 Å². The highest BCUT2D eigenvalue weighted by Gasteiger charge is 2.11. The molecule has 0 saturated carbocycles. The average Bonchev–Trinajstić information content (AvgIpc) is 3.29. The van der Waals surface area contributed by atoms with Crippen LogP contribution in [-0.2, 0) is 13.1 Å².